The molecule has 36 nitrogen and oxygen atoms in total. The first-order valence-electron chi connectivity index (χ1n) is 44.6. The fraction of sp³-hybridized carbons (Fsp3) is 0.359. The van der Waals surface area contributed by atoms with Crippen LogP contribution >= 0.6 is 27.5 Å². The second kappa shape index (κ2) is 39.2. The number of hydrogen-bond acceptors (Lipinski definition) is 30. The maximum atomic E-state index is 15.1. The molecular formula is C92H101BrClFN26O10S3. The Labute approximate surface area is 785 Å². The summed E-state index contributed by atoms with van der Waals surface area (Å²) in [5.41, 5.74) is 8.33. The number of benzene rings is 4. The summed E-state index contributed by atoms with van der Waals surface area (Å²) >= 11 is 9.97. The van der Waals surface area contributed by atoms with Crippen molar-refractivity contribution in [3.05, 3.63) is 246 Å². The molecule has 2 unspecified atom stereocenters. The minimum Gasteiger partial charge on any atom is -0.369 e. The average Bonchev–Trinajstić information content (AvgIpc) is 1.36. The number of aryl methyl sites for hydroxylation is 1. The third-order valence-electron chi connectivity index (χ3n) is 25.3. The molecule has 0 amide bonds. The number of nitrogens with one attached hydrogen (secondary N) is 5. The lowest BCUT2D eigenvalue weighted by molar-refractivity contribution is 0.231. The largest absolute Gasteiger partial charge is 0.369 e. The molecule has 134 heavy (non-hydrogen) atoms. The Morgan fingerprint density at radius 3 is 1.90 bits per heavy atom. The van der Waals surface area contributed by atoms with Crippen LogP contribution in [0.25, 0.3) is 50.1 Å². The molecule has 698 valence electrons. The van der Waals surface area contributed by atoms with Gasteiger partial charge in [-0.1, -0.05) is 53.4 Å². The average molecular weight is 1960 g/mol. The minimum absolute atomic E-state index is 0.0661. The third kappa shape index (κ3) is 19.5. The molecule has 4 aromatic carbocycles. The smallest absolute Gasteiger partial charge is 0.266 e. The van der Waals surface area contributed by atoms with Gasteiger partial charge in [0.2, 0.25) is 37.7 Å². The van der Waals surface area contributed by atoms with Crippen LogP contribution in [0.2, 0.25) is 5.02 Å². The Morgan fingerprint density at radius 2 is 1.25 bits per heavy atom. The van der Waals surface area contributed by atoms with Crippen molar-refractivity contribution in [3.63, 3.8) is 0 Å². The molecule has 1 saturated carbocycles. The fourth-order valence-electron chi connectivity index (χ4n) is 18.3. The SMILES string of the molecule is CC1=C(c2cc3cnc(Nc4ccc(N5CCN6CCCC6C5)cc4)nc3n(Cc3cnoc3S(=O)(=O)c3ccccc3)c2=O)CCC1.CC1CNCCN1c1ccc(Nc2ncc3cc(Br)c(=O)n(Cc4ccnn4S(=O)(=O)C4CCCC4)c3n2)cc1F.CN(C)CCS(=O)(=O)n1ccnc1Cn1c(=O)c(-c2nccn2C)cc2cnc(Nc3ccc(N4CCNCC4)c(Cl)c3)nc21. The number of rotatable bonds is 25. The quantitative estimate of drug-likeness (QED) is 0.0355. The zero-order chi connectivity index (χ0) is 93.3. The van der Waals surface area contributed by atoms with Crippen LogP contribution in [-0.4, -0.2) is 227 Å². The first-order valence-corrected chi connectivity index (χ1v) is 50.3. The Balaban J connectivity index is 0.000000135. The molecular weight excluding hydrogens is 1860 g/mol. The number of sulfone groups is 1. The van der Waals surface area contributed by atoms with E-state index in [1.54, 1.807) is 110 Å². The van der Waals surface area contributed by atoms with Gasteiger partial charge in [-0.05, 0) is 198 Å². The van der Waals surface area contributed by atoms with Gasteiger partial charge >= 0.3 is 0 Å². The number of hydrogen-bond donors (Lipinski definition) is 5. The van der Waals surface area contributed by atoms with Crippen molar-refractivity contribution in [2.75, 3.05) is 129 Å². The summed E-state index contributed by atoms with van der Waals surface area (Å²) in [7, 11) is -6.05. The number of nitrogens with zero attached hydrogens (tertiary/aromatic N) is 21. The number of piperazine rings is 3. The highest BCUT2D eigenvalue weighted by Crippen LogP contribution is 2.38. The molecule has 14 aromatic rings. The molecule has 4 saturated heterocycles. The van der Waals surface area contributed by atoms with Crippen molar-refractivity contribution in [3.8, 4) is 11.4 Å². The van der Waals surface area contributed by atoms with Gasteiger partial charge in [0.15, 0.2) is 0 Å². The van der Waals surface area contributed by atoms with Gasteiger partial charge in [-0.15, -0.1) is 0 Å². The van der Waals surface area contributed by atoms with Gasteiger partial charge in [0.25, 0.3) is 31.8 Å². The highest BCUT2D eigenvalue weighted by Gasteiger charge is 2.36. The number of allylic oxidation sites excluding steroid dienone is 2. The molecule has 10 aromatic heterocycles. The first kappa shape index (κ1) is 92.0. The van der Waals surface area contributed by atoms with E-state index in [0.29, 0.717) is 120 Å². The monoisotopic (exact) mass is 1960 g/mol. The molecule has 2 atom stereocenters. The normalized spacial score (nSPS) is 16.9. The molecule has 20 rings (SSSR count). The van der Waals surface area contributed by atoms with E-state index in [-0.39, 0.29) is 81.6 Å². The molecule has 0 spiro atoms. The predicted octanol–water partition coefficient (Wildman–Crippen LogP) is 11.2. The molecule has 5 N–H and O–H groups in total. The lowest BCUT2D eigenvalue weighted by atomic mass is 10.0. The highest BCUT2D eigenvalue weighted by molar-refractivity contribution is 9.10. The van der Waals surface area contributed by atoms with E-state index in [1.807, 2.05) is 41.3 Å². The highest BCUT2D eigenvalue weighted by atomic mass is 79.9. The molecule has 2 aliphatic carbocycles. The topological polar surface area (TPSA) is 402 Å². The number of fused-ring (bicyclic) bond motifs is 4. The maximum absolute atomic E-state index is 15.1. The van der Waals surface area contributed by atoms with Crippen molar-refractivity contribution in [1.82, 2.24) is 96.9 Å². The van der Waals surface area contributed by atoms with Gasteiger partial charge in [-0.3, -0.25) is 33.0 Å². The molecule has 42 heteroatoms. The number of halogens is 3. The van der Waals surface area contributed by atoms with Gasteiger partial charge < -0.3 is 55.3 Å². The summed E-state index contributed by atoms with van der Waals surface area (Å²) in [6.07, 6.45) is 22.0. The lowest BCUT2D eigenvalue weighted by Crippen LogP contribution is -2.50. The number of aromatic nitrogens is 16. The summed E-state index contributed by atoms with van der Waals surface area (Å²) in [6, 6.07) is 34.5. The van der Waals surface area contributed by atoms with Gasteiger partial charge in [0, 0.05) is 179 Å². The molecule has 0 bridgehead atoms. The molecule has 4 aliphatic heterocycles. The van der Waals surface area contributed by atoms with Crippen LogP contribution in [0.1, 0.15) is 94.3 Å². The van der Waals surface area contributed by atoms with Crippen molar-refractivity contribution in [2.24, 2.45) is 7.05 Å². The van der Waals surface area contributed by atoms with Crippen LogP contribution in [0.3, 0.4) is 0 Å². The zero-order valence-electron chi connectivity index (χ0n) is 74.4. The predicted molar refractivity (Wildman–Crippen MR) is 518 cm³/mol. The van der Waals surface area contributed by atoms with E-state index < -0.39 is 40.7 Å². The van der Waals surface area contributed by atoms with Crippen LogP contribution < -0.4 is 58.0 Å². The second-order valence-electron chi connectivity index (χ2n) is 34.5. The summed E-state index contributed by atoms with van der Waals surface area (Å²) in [5, 5.41) is 25.7. The van der Waals surface area contributed by atoms with Crippen LogP contribution in [0, 0.1) is 5.82 Å². The van der Waals surface area contributed by atoms with E-state index in [9.17, 15) is 39.6 Å². The van der Waals surface area contributed by atoms with E-state index in [2.05, 4.69) is 123 Å². The number of pyridine rings is 3. The van der Waals surface area contributed by atoms with Gasteiger partial charge in [0.1, 0.15) is 34.4 Å². The van der Waals surface area contributed by atoms with Crippen molar-refractivity contribution in [2.45, 2.75) is 119 Å². The Bertz CT molecular complexity index is 7350. The second-order valence-corrected chi connectivity index (χ2v) is 41.6. The number of anilines is 9. The maximum Gasteiger partial charge on any atom is 0.266 e. The number of imidazole rings is 2. The summed E-state index contributed by atoms with van der Waals surface area (Å²) < 4.78 is 109. The van der Waals surface area contributed by atoms with Crippen molar-refractivity contribution >= 4 is 148 Å². The van der Waals surface area contributed by atoms with Crippen LogP contribution in [0.5, 0.6) is 0 Å². The van der Waals surface area contributed by atoms with Gasteiger partial charge in [-0.25, -0.2) is 58.5 Å². The van der Waals surface area contributed by atoms with Crippen molar-refractivity contribution in [1.29, 1.82) is 0 Å². The molecule has 6 aliphatic rings. The summed E-state index contributed by atoms with van der Waals surface area (Å²) in [4.78, 5) is 89.0. The van der Waals surface area contributed by atoms with Crippen LogP contribution in [0.4, 0.5) is 56.4 Å². The van der Waals surface area contributed by atoms with Crippen LogP contribution in [-0.2, 0) is 56.6 Å². The Morgan fingerprint density at radius 1 is 0.612 bits per heavy atom. The van der Waals surface area contributed by atoms with Crippen molar-refractivity contribution < 1.29 is 34.2 Å². The molecule has 5 fully saturated rings. The summed E-state index contributed by atoms with van der Waals surface area (Å²) in [6.45, 7) is 14.3. The van der Waals surface area contributed by atoms with E-state index in [4.69, 9.17) is 26.1 Å². The van der Waals surface area contributed by atoms with E-state index in [0.717, 1.165) is 116 Å². The first-order chi connectivity index (χ1) is 64.7. The zero-order valence-corrected chi connectivity index (χ0v) is 79.2. The molecule has 0 radical (unpaired) electrons. The standard InChI is InChI=1S/C36H37N7O4S.C29H34ClN11O3S.C27H30BrFN8O3S/c1-24-7-5-11-31(24)32-19-25-20-37-36(39-27-12-14-28(15-13-27)42-18-17-41-16-6-8-29(41)23-42)40-33(25)43(34(32)44)22-26-21-38-47-35(26)48(45,46)30-9-3-2-4-10-30;1-37(2)14-15-45(43,44)41-13-9-32-25(41)19-40-26-20(16-22(28(40)42)27-33-8-10-38(27)3)18-34-29(36-26)35-21-4-5-24(23(30)17-21)39-11-6-31-7-12-39;1-17-14-30-10-11-35(17)24-7-6-19(13-23(24)29)33-27-31-15-18-12-22(28)26(38)36(25(18)34-27)16-20-8-9-32-37(20)41(39,40)21-4-2-3-5-21/h2-4,9-10,12-15,19-21,29H,5-8,11,16-18,22-23H2,1H3,(H,37,39,40);4-5,8-10,13,16-18,31H,6-7,11-12,14-15,19H2,1-3H3,(H,34,35,36);6-9,12-13,15,17,21,30H,2-5,10-11,14,16H2,1H3,(H,31,33,34). The fourth-order valence-corrected chi connectivity index (χ4v) is 23.7. The molecule has 14 heterocycles. The van der Waals surface area contributed by atoms with Crippen LogP contribution in [0.15, 0.2) is 210 Å². The summed E-state index contributed by atoms with van der Waals surface area (Å²) in [5.74, 6) is 0.905. The lowest BCUT2D eigenvalue weighted by Gasteiger charge is -2.38. The third-order valence-corrected chi connectivity index (χ3v) is 31.7. The van der Waals surface area contributed by atoms with E-state index >= 15 is 4.39 Å². The Kier molecular flexibility index (Phi) is 26.9. The minimum atomic E-state index is -4.02. The van der Waals surface area contributed by atoms with Gasteiger partial charge in [0.05, 0.1) is 85.6 Å². The Hall–Kier alpha value is -12.5. The van der Waals surface area contributed by atoms with Gasteiger partial charge in [-0.2, -0.15) is 24.1 Å². The van der Waals surface area contributed by atoms with E-state index in [1.165, 1.54) is 87.3 Å².